The minimum Gasteiger partial charge on any atom is -0.384 e. The molecule has 27 heavy (non-hydrogen) atoms. The molecule has 1 fully saturated rings. The summed E-state index contributed by atoms with van der Waals surface area (Å²) in [4.78, 5) is 8.94. The third-order valence-electron chi connectivity index (χ3n) is 4.88. The summed E-state index contributed by atoms with van der Waals surface area (Å²) in [5.74, 6) is 1.91. The van der Waals surface area contributed by atoms with Gasteiger partial charge in [0, 0.05) is 25.9 Å². The first-order valence-electron chi connectivity index (χ1n) is 9.23. The molecule has 0 saturated carbocycles. The van der Waals surface area contributed by atoms with E-state index in [1.54, 1.807) is 13.3 Å². The van der Waals surface area contributed by atoms with E-state index >= 15 is 0 Å². The standard InChI is InChI=1S/C17H24N8O2/c1-12(17-20-15(22-27-17)5-10-26-2)24-9-8-19-16(24)14-11-25(23-21-14)13-3-6-18-7-4-13/h8-9,11-13,18H,3-7,10H2,1-2H3/t12-/m0/s1. The lowest BCUT2D eigenvalue weighted by Gasteiger charge is -2.22. The van der Waals surface area contributed by atoms with Crippen LogP contribution in [0.4, 0.5) is 0 Å². The van der Waals surface area contributed by atoms with Crippen LogP contribution in [0.1, 0.15) is 43.6 Å². The molecule has 1 atom stereocenters. The van der Waals surface area contributed by atoms with Crippen LogP contribution in [-0.2, 0) is 11.2 Å². The van der Waals surface area contributed by atoms with Crippen LogP contribution in [0.15, 0.2) is 23.1 Å². The van der Waals surface area contributed by atoms with Crippen LogP contribution in [0.25, 0.3) is 11.5 Å². The first-order valence-corrected chi connectivity index (χ1v) is 9.23. The van der Waals surface area contributed by atoms with E-state index in [4.69, 9.17) is 9.26 Å². The van der Waals surface area contributed by atoms with Gasteiger partial charge < -0.3 is 19.1 Å². The number of hydrogen-bond donors (Lipinski definition) is 1. The second kappa shape index (κ2) is 7.97. The zero-order chi connectivity index (χ0) is 18.6. The lowest BCUT2D eigenvalue weighted by Crippen LogP contribution is -2.29. The number of hydrogen-bond acceptors (Lipinski definition) is 8. The summed E-state index contributed by atoms with van der Waals surface area (Å²) < 4.78 is 14.4. The fourth-order valence-electron chi connectivity index (χ4n) is 3.30. The van der Waals surface area contributed by atoms with Crippen molar-refractivity contribution in [3.05, 3.63) is 30.3 Å². The fraction of sp³-hybridized carbons (Fsp3) is 0.588. The SMILES string of the molecule is COCCc1noc([C@H](C)n2ccnc2-c2cn(C3CCNCC3)nn2)n1. The number of piperidine rings is 1. The first-order chi connectivity index (χ1) is 13.3. The molecule has 4 rings (SSSR count). The Hall–Kier alpha value is -2.59. The van der Waals surface area contributed by atoms with Gasteiger partial charge in [-0.15, -0.1) is 5.10 Å². The molecule has 0 spiro atoms. The monoisotopic (exact) mass is 372 g/mol. The molecule has 1 N–H and O–H groups in total. The highest BCUT2D eigenvalue weighted by molar-refractivity contribution is 5.48. The predicted octanol–water partition coefficient (Wildman–Crippen LogP) is 1.25. The van der Waals surface area contributed by atoms with Crippen molar-refractivity contribution >= 4 is 0 Å². The summed E-state index contributed by atoms with van der Waals surface area (Å²) in [5.41, 5.74) is 0.740. The van der Waals surface area contributed by atoms with E-state index in [2.05, 4.69) is 30.8 Å². The van der Waals surface area contributed by atoms with Crippen molar-refractivity contribution in [3.8, 4) is 11.5 Å². The van der Waals surface area contributed by atoms with Gasteiger partial charge in [0.1, 0.15) is 11.7 Å². The Morgan fingerprint density at radius 3 is 3.04 bits per heavy atom. The third kappa shape index (κ3) is 3.76. The van der Waals surface area contributed by atoms with Gasteiger partial charge >= 0.3 is 0 Å². The smallest absolute Gasteiger partial charge is 0.249 e. The molecule has 1 aliphatic rings. The number of nitrogens with one attached hydrogen (secondary N) is 1. The highest BCUT2D eigenvalue weighted by atomic mass is 16.5. The predicted molar refractivity (Wildman–Crippen MR) is 96.1 cm³/mol. The average molecular weight is 372 g/mol. The number of rotatable bonds is 7. The second-order valence-corrected chi connectivity index (χ2v) is 6.69. The van der Waals surface area contributed by atoms with E-state index in [0.717, 1.165) is 37.4 Å². The van der Waals surface area contributed by atoms with Crippen molar-refractivity contribution in [1.82, 2.24) is 40.0 Å². The van der Waals surface area contributed by atoms with Crippen molar-refractivity contribution in [1.29, 1.82) is 0 Å². The summed E-state index contributed by atoms with van der Waals surface area (Å²) in [6.45, 7) is 4.57. The molecule has 1 aliphatic heterocycles. The van der Waals surface area contributed by atoms with E-state index in [9.17, 15) is 0 Å². The summed E-state index contributed by atoms with van der Waals surface area (Å²) in [7, 11) is 1.65. The minimum absolute atomic E-state index is 0.157. The number of ether oxygens (including phenoxy) is 1. The van der Waals surface area contributed by atoms with Gasteiger partial charge in [0.2, 0.25) is 5.89 Å². The molecule has 0 radical (unpaired) electrons. The van der Waals surface area contributed by atoms with Crippen molar-refractivity contribution in [2.45, 2.75) is 38.3 Å². The number of methoxy groups -OCH3 is 1. The second-order valence-electron chi connectivity index (χ2n) is 6.69. The molecule has 0 aromatic carbocycles. The highest BCUT2D eigenvalue weighted by Crippen LogP contribution is 2.25. The molecule has 3 aromatic heterocycles. The van der Waals surface area contributed by atoms with Gasteiger partial charge in [0.05, 0.1) is 18.8 Å². The molecule has 10 heteroatoms. The molecule has 1 saturated heterocycles. The Bertz CT molecular complexity index is 864. The summed E-state index contributed by atoms with van der Waals surface area (Å²) in [6.07, 6.45) is 8.34. The van der Waals surface area contributed by atoms with Crippen molar-refractivity contribution in [2.24, 2.45) is 0 Å². The molecule has 4 heterocycles. The quantitative estimate of drug-likeness (QED) is 0.660. The van der Waals surface area contributed by atoms with Crippen LogP contribution in [-0.4, -0.2) is 61.5 Å². The minimum atomic E-state index is -0.157. The zero-order valence-corrected chi connectivity index (χ0v) is 15.6. The van der Waals surface area contributed by atoms with E-state index < -0.39 is 0 Å². The molecule has 3 aromatic rings. The summed E-state index contributed by atoms with van der Waals surface area (Å²) in [5, 5.41) is 16.1. The van der Waals surface area contributed by atoms with Crippen molar-refractivity contribution in [3.63, 3.8) is 0 Å². The van der Waals surface area contributed by atoms with Gasteiger partial charge in [0.25, 0.3) is 0 Å². The number of imidazole rings is 1. The van der Waals surface area contributed by atoms with Gasteiger partial charge in [-0.25, -0.2) is 9.67 Å². The van der Waals surface area contributed by atoms with Crippen LogP contribution in [0, 0.1) is 0 Å². The highest BCUT2D eigenvalue weighted by Gasteiger charge is 2.22. The molecular formula is C17H24N8O2. The van der Waals surface area contributed by atoms with Crippen molar-refractivity contribution in [2.75, 3.05) is 26.8 Å². The molecule has 0 amide bonds. The largest absolute Gasteiger partial charge is 0.384 e. The number of nitrogens with zero attached hydrogens (tertiary/aromatic N) is 7. The molecule has 10 nitrogen and oxygen atoms in total. The maximum Gasteiger partial charge on any atom is 0.249 e. The fourth-order valence-corrected chi connectivity index (χ4v) is 3.30. The summed E-state index contributed by atoms with van der Waals surface area (Å²) >= 11 is 0. The van der Waals surface area contributed by atoms with Gasteiger partial charge in [-0.1, -0.05) is 10.4 Å². The maximum absolute atomic E-state index is 5.43. The Balaban J connectivity index is 1.54. The normalized spacial score (nSPS) is 16.7. The Labute approximate surface area is 156 Å². The van der Waals surface area contributed by atoms with Crippen LogP contribution in [0.5, 0.6) is 0 Å². The van der Waals surface area contributed by atoms with Gasteiger partial charge in [-0.3, -0.25) is 0 Å². The van der Waals surface area contributed by atoms with Crippen molar-refractivity contribution < 1.29 is 9.26 Å². The first kappa shape index (κ1) is 17.8. The van der Waals surface area contributed by atoms with Crippen LogP contribution in [0.3, 0.4) is 0 Å². The van der Waals surface area contributed by atoms with Gasteiger partial charge in [-0.2, -0.15) is 4.98 Å². The molecule has 0 unspecified atom stereocenters. The Kier molecular flexibility index (Phi) is 5.26. The molecule has 144 valence electrons. The Morgan fingerprint density at radius 1 is 1.37 bits per heavy atom. The zero-order valence-electron chi connectivity index (χ0n) is 15.6. The summed E-state index contributed by atoms with van der Waals surface area (Å²) in [6, 6.07) is 0.225. The van der Waals surface area contributed by atoms with E-state index in [0.29, 0.717) is 30.8 Å². The lowest BCUT2D eigenvalue weighted by atomic mass is 10.1. The average Bonchev–Trinajstić information content (AvgIpc) is 3.46. The molecule has 0 bridgehead atoms. The maximum atomic E-state index is 5.43. The van der Waals surface area contributed by atoms with Gasteiger partial charge in [0.15, 0.2) is 11.6 Å². The van der Waals surface area contributed by atoms with E-state index in [1.807, 2.05) is 28.6 Å². The van der Waals surface area contributed by atoms with E-state index in [-0.39, 0.29) is 6.04 Å². The Morgan fingerprint density at radius 2 is 2.22 bits per heavy atom. The lowest BCUT2D eigenvalue weighted by molar-refractivity contribution is 0.199. The third-order valence-corrected chi connectivity index (χ3v) is 4.88. The molecular weight excluding hydrogens is 348 g/mol. The van der Waals surface area contributed by atoms with Crippen LogP contribution in [0.2, 0.25) is 0 Å². The topological polar surface area (TPSA) is 109 Å². The van der Waals surface area contributed by atoms with Crippen LogP contribution < -0.4 is 5.32 Å². The van der Waals surface area contributed by atoms with E-state index in [1.165, 1.54) is 0 Å². The molecule has 0 aliphatic carbocycles. The number of aromatic nitrogens is 7. The van der Waals surface area contributed by atoms with Crippen LogP contribution >= 0.6 is 0 Å². The van der Waals surface area contributed by atoms with Gasteiger partial charge in [-0.05, 0) is 32.9 Å².